The summed E-state index contributed by atoms with van der Waals surface area (Å²) in [7, 11) is -3.70. The average molecular weight is 348 g/mol. The number of phenols is 1. The van der Waals surface area contributed by atoms with Crippen LogP contribution in [0.1, 0.15) is 28.4 Å². The first kappa shape index (κ1) is 18.0. The van der Waals surface area contributed by atoms with E-state index in [1.54, 1.807) is 24.3 Å². The van der Waals surface area contributed by atoms with Crippen LogP contribution in [-0.4, -0.2) is 26.0 Å². The molecular formula is C17H20N2O4S. The lowest BCUT2D eigenvalue weighted by molar-refractivity contribution is 0.0951. The minimum Gasteiger partial charge on any atom is -0.507 e. The van der Waals surface area contributed by atoms with Gasteiger partial charge in [-0.25, -0.2) is 13.6 Å². The van der Waals surface area contributed by atoms with E-state index >= 15 is 0 Å². The van der Waals surface area contributed by atoms with E-state index in [1.807, 2.05) is 6.92 Å². The number of primary sulfonamides is 1. The molecule has 0 aliphatic carbocycles. The Morgan fingerprint density at radius 3 is 2.33 bits per heavy atom. The first-order chi connectivity index (χ1) is 11.3. The van der Waals surface area contributed by atoms with E-state index in [9.17, 15) is 18.3 Å². The van der Waals surface area contributed by atoms with Crippen molar-refractivity contribution in [2.75, 3.05) is 6.54 Å². The summed E-state index contributed by atoms with van der Waals surface area (Å²) in [5.74, 6) is -0.397. The summed E-state index contributed by atoms with van der Waals surface area (Å²) in [4.78, 5) is 12.2. The van der Waals surface area contributed by atoms with Crippen molar-refractivity contribution >= 4 is 15.9 Å². The molecule has 0 aliphatic rings. The molecule has 7 heteroatoms. The van der Waals surface area contributed by atoms with Gasteiger partial charge in [-0.15, -0.1) is 0 Å². The van der Waals surface area contributed by atoms with Crippen molar-refractivity contribution in [2.24, 2.45) is 5.14 Å². The van der Waals surface area contributed by atoms with Crippen LogP contribution < -0.4 is 10.5 Å². The molecule has 4 N–H and O–H groups in total. The van der Waals surface area contributed by atoms with Gasteiger partial charge < -0.3 is 10.4 Å². The monoisotopic (exact) mass is 348 g/mol. The number of aromatic hydroxyl groups is 1. The summed E-state index contributed by atoms with van der Waals surface area (Å²) in [6.45, 7) is 2.34. The largest absolute Gasteiger partial charge is 0.507 e. The fourth-order valence-electron chi connectivity index (χ4n) is 2.25. The second-order valence-corrected chi connectivity index (χ2v) is 6.96. The number of hydrogen-bond donors (Lipinski definition) is 3. The van der Waals surface area contributed by atoms with Crippen molar-refractivity contribution < 1.29 is 18.3 Å². The van der Waals surface area contributed by atoms with Crippen LogP contribution in [0.15, 0.2) is 47.4 Å². The smallest absolute Gasteiger partial charge is 0.255 e. The molecule has 2 aromatic rings. The zero-order valence-electron chi connectivity index (χ0n) is 13.3. The average Bonchev–Trinajstić information content (AvgIpc) is 2.55. The maximum Gasteiger partial charge on any atom is 0.255 e. The Balaban J connectivity index is 1.95. The van der Waals surface area contributed by atoms with Crippen LogP contribution in [0, 0.1) is 0 Å². The fraction of sp³-hybridized carbons (Fsp3) is 0.235. The van der Waals surface area contributed by atoms with Crippen molar-refractivity contribution in [3.63, 3.8) is 0 Å². The van der Waals surface area contributed by atoms with Crippen LogP contribution >= 0.6 is 0 Å². The van der Waals surface area contributed by atoms with Gasteiger partial charge in [-0.2, -0.15) is 0 Å². The van der Waals surface area contributed by atoms with Gasteiger partial charge in [0.1, 0.15) is 5.75 Å². The first-order valence-corrected chi connectivity index (χ1v) is 9.07. The second-order valence-electron chi connectivity index (χ2n) is 5.40. The van der Waals surface area contributed by atoms with Gasteiger partial charge in [-0.05, 0) is 48.2 Å². The molecule has 1 amide bonds. The highest BCUT2D eigenvalue weighted by Crippen LogP contribution is 2.18. The molecule has 2 aromatic carbocycles. The number of benzene rings is 2. The topological polar surface area (TPSA) is 109 Å². The molecule has 0 spiro atoms. The Kier molecular flexibility index (Phi) is 5.58. The van der Waals surface area contributed by atoms with Gasteiger partial charge in [0.25, 0.3) is 5.91 Å². The number of rotatable bonds is 6. The number of sulfonamides is 1. The Hall–Kier alpha value is -2.38. The highest BCUT2D eigenvalue weighted by Gasteiger charge is 2.11. The van der Waals surface area contributed by atoms with E-state index in [2.05, 4.69) is 5.32 Å². The normalized spacial score (nSPS) is 11.2. The SMILES string of the molecule is CCc1ccc(O)c(C(=O)NCCc2ccc(S(N)(=O)=O)cc2)c1. The number of aryl methyl sites for hydroxylation is 1. The summed E-state index contributed by atoms with van der Waals surface area (Å²) in [5, 5.41) is 17.6. The van der Waals surface area contributed by atoms with Crippen molar-refractivity contribution in [2.45, 2.75) is 24.7 Å². The Labute approximate surface area is 141 Å². The molecule has 2 rings (SSSR count). The molecule has 0 bridgehead atoms. The van der Waals surface area contributed by atoms with Crippen molar-refractivity contribution in [1.29, 1.82) is 0 Å². The van der Waals surface area contributed by atoms with Gasteiger partial charge in [0.05, 0.1) is 10.5 Å². The zero-order chi connectivity index (χ0) is 17.7. The van der Waals surface area contributed by atoms with Gasteiger partial charge >= 0.3 is 0 Å². The quantitative estimate of drug-likeness (QED) is 0.736. The number of carbonyl (C=O) groups excluding carboxylic acids is 1. The third-order valence-electron chi connectivity index (χ3n) is 3.66. The van der Waals surface area contributed by atoms with Gasteiger partial charge in [0, 0.05) is 6.54 Å². The standard InChI is InChI=1S/C17H20N2O4S/c1-2-12-5-8-16(20)15(11-12)17(21)19-10-9-13-3-6-14(7-4-13)24(18,22)23/h3-8,11,20H,2,9-10H2,1H3,(H,19,21)(H2,18,22,23). The number of amides is 1. The van der Waals surface area contributed by atoms with Gasteiger partial charge in [-0.3, -0.25) is 4.79 Å². The molecule has 128 valence electrons. The third kappa shape index (κ3) is 4.56. The summed E-state index contributed by atoms with van der Waals surface area (Å²) in [5.41, 5.74) is 2.09. The fourth-order valence-corrected chi connectivity index (χ4v) is 2.76. The lowest BCUT2D eigenvalue weighted by Gasteiger charge is -2.09. The van der Waals surface area contributed by atoms with E-state index in [1.165, 1.54) is 18.2 Å². The van der Waals surface area contributed by atoms with Gasteiger partial charge in [-0.1, -0.05) is 25.1 Å². The maximum atomic E-state index is 12.1. The minimum atomic E-state index is -3.70. The van der Waals surface area contributed by atoms with Gasteiger partial charge in [0.2, 0.25) is 10.0 Å². The lowest BCUT2D eigenvalue weighted by Crippen LogP contribution is -2.25. The molecule has 0 radical (unpaired) electrons. The Bertz CT molecular complexity index is 830. The predicted molar refractivity (Wildman–Crippen MR) is 91.3 cm³/mol. The zero-order valence-corrected chi connectivity index (χ0v) is 14.1. The highest BCUT2D eigenvalue weighted by atomic mass is 32.2. The summed E-state index contributed by atoms with van der Waals surface area (Å²) < 4.78 is 22.4. The molecule has 0 atom stereocenters. The molecule has 0 aromatic heterocycles. The van der Waals surface area contributed by atoms with Crippen LogP contribution in [-0.2, 0) is 22.9 Å². The van der Waals surface area contributed by atoms with Gasteiger partial charge in [0.15, 0.2) is 0 Å². The molecule has 0 unspecified atom stereocenters. The number of phenolic OH excluding ortho intramolecular Hbond substituents is 1. The van der Waals surface area contributed by atoms with Crippen LogP contribution in [0.2, 0.25) is 0 Å². The Morgan fingerprint density at radius 2 is 1.75 bits per heavy atom. The molecule has 0 saturated carbocycles. The van der Waals surface area contributed by atoms with Crippen LogP contribution in [0.25, 0.3) is 0 Å². The maximum absolute atomic E-state index is 12.1. The van der Waals surface area contributed by atoms with E-state index in [0.29, 0.717) is 13.0 Å². The molecule has 24 heavy (non-hydrogen) atoms. The highest BCUT2D eigenvalue weighted by molar-refractivity contribution is 7.89. The third-order valence-corrected chi connectivity index (χ3v) is 4.59. The van der Waals surface area contributed by atoms with E-state index in [-0.39, 0.29) is 22.1 Å². The van der Waals surface area contributed by atoms with E-state index in [4.69, 9.17) is 5.14 Å². The van der Waals surface area contributed by atoms with Crippen molar-refractivity contribution in [1.82, 2.24) is 5.32 Å². The van der Waals surface area contributed by atoms with Crippen LogP contribution in [0.3, 0.4) is 0 Å². The van der Waals surface area contributed by atoms with E-state index < -0.39 is 10.0 Å². The first-order valence-electron chi connectivity index (χ1n) is 7.53. The number of nitrogens with two attached hydrogens (primary N) is 1. The lowest BCUT2D eigenvalue weighted by atomic mass is 10.1. The summed E-state index contributed by atoms with van der Waals surface area (Å²) in [6.07, 6.45) is 1.31. The summed E-state index contributed by atoms with van der Waals surface area (Å²) in [6, 6.07) is 11.1. The molecule has 0 heterocycles. The molecule has 0 saturated heterocycles. The molecule has 0 fully saturated rings. The molecule has 6 nitrogen and oxygen atoms in total. The van der Waals surface area contributed by atoms with Crippen LogP contribution in [0.5, 0.6) is 5.75 Å². The minimum absolute atomic E-state index is 0.0524. The van der Waals surface area contributed by atoms with Crippen molar-refractivity contribution in [3.05, 3.63) is 59.2 Å². The predicted octanol–water partition coefficient (Wildman–Crippen LogP) is 1.57. The summed E-state index contributed by atoms with van der Waals surface area (Å²) >= 11 is 0. The second kappa shape index (κ2) is 7.46. The van der Waals surface area contributed by atoms with Crippen molar-refractivity contribution in [3.8, 4) is 5.75 Å². The van der Waals surface area contributed by atoms with Crippen LogP contribution in [0.4, 0.5) is 0 Å². The molecule has 0 aliphatic heterocycles. The Morgan fingerprint density at radius 1 is 1.12 bits per heavy atom. The number of carbonyl (C=O) groups is 1. The van der Waals surface area contributed by atoms with E-state index in [0.717, 1.165) is 17.5 Å². The molecular weight excluding hydrogens is 328 g/mol. The number of hydrogen-bond acceptors (Lipinski definition) is 4. The number of nitrogens with one attached hydrogen (secondary N) is 1.